The van der Waals surface area contributed by atoms with Crippen LogP contribution in [0.25, 0.3) is 0 Å². The van der Waals surface area contributed by atoms with Crippen LogP contribution in [0.2, 0.25) is 0 Å². The Bertz CT molecular complexity index is 315. The number of nitrogens with zero attached hydrogens (tertiary/aromatic N) is 1. The van der Waals surface area contributed by atoms with Crippen molar-refractivity contribution in [3.8, 4) is 0 Å². The molecule has 3 heteroatoms. The van der Waals surface area contributed by atoms with Gasteiger partial charge in [0, 0.05) is 25.2 Å². The van der Waals surface area contributed by atoms with Crippen LogP contribution in [0.5, 0.6) is 0 Å². The molecule has 2 N–H and O–H groups in total. The summed E-state index contributed by atoms with van der Waals surface area (Å²) < 4.78 is 5.18. The molecule has 17 heavy (non-hydrogen) atoms. The smallest absolute Gasteiger partial charge is 0.0615 e. The van der Waals surface area contributed by atoms with E-state index in [-0.39, 0.29) is 12.1 Å². The van der Waals surface area contributed by atoms with E-state index in [0.717, 1.165) is 6.61 Å². The Labute approximate surface area is 105 Å². The quantitative estimate of drug-likeness (QED) is 0.821. The minimum absolute atomic E-state index is 0.0282. The molecule has 1 aromatic carbocycles. The predicted molar refractivity (Wildman–Crippen MR) is 71.9 cm³/mol. The van der Waals surface area contributed by atoms with Crippen molar-refractivity contribution in [1.82, 2.24) is 4.90 Å². The number of hydrogen-bond acceptors (Lipinski definition) is 3. The number of nitrogens with two attached hydrogens (primary N) is 1. The van der Waals surface area contributed by atoms with E-state index in [0.29, 0.717) is 6.04 Å². The zero-order valence-electron chi connectivity index (χ0n) is 11.3. The van der Waals surface area contributed by atoms with E-state index in [9.17, 15) is 0 Å². The van der Waals surface area contributed by atoms with E-state index in [4.69, 9.17) is 10.5 Å². The Morgan fingerprint density at radius 2 is 1.82 bits per heavy atom. The number of rotatable bonds is 6. The van der Waals surface area contributed by atoms with Gasteiger partial charge in [-0.1, -0.05) is 30.3 Å². The highest BCUT2D eigenvalue weighted by atomic mass is 16.5. The molecule has 1 aromatic rings. The van der Waals surface area contributed by atoms with Crippen LogP contribution in [-0.2, 0) is 4.74 Å². The van der Waals surface area contributed by atoms with Gasteiger partial charge in [-0.25, -0.2) is 0 Å². The van der Waals surface area contributed by atoms with Gasteiger partial charge in [0.2, 0.25) is 0 Å². The molecule has 0 aliphatic heterocycles. The Balaban J connectivity index is 2.66. The summed E-state index contributed by atoms with van der Waals surface area (Å²) in [4.78, 5) is 2.27. The Hall–Kier alpha value is -0.900. The highest BCUT2D eigenvalue weighted by Gasteiger charge is 2.22. The van der Waals surface area contributed by atoms with E-state index in [2.05, 4.69) is 37.9 Å². The summed E-state index contributed by atoms with van der Waals surface area (Å²) in [5.41, 5.74) is 7.47. The van der Waals surface area contributed by atoms with Gasteiger partial charge in [-0.2, -0.15) is 0 Å². The minimum atomic E-state index is 0.0282. The zero-order valence-corrected chi connectivity index (χ0v) is 11.3. The van der Waals surface area contributed by atoms with Crippen molar-refractivity contribution in [1.29, 1.82) is 0 Å². The average molecular weight is 236 g/mol. The molecular weight excluding hydrogens is 212 g/mol. The number of methoxy groups -OCH3 is 1. The van der Waals surface area contributed by atoms with Crippen LogP contribution in [0.1, 0.15) is 25.5 Å². The van der Waals surface area contributed by atoms with Crippen LogP contribution in [0.4, 0.5) is 0 Å². The maximum atomic E-state index is 6.29. The predicted octanol–water partition coefficient (Wildman–Crippen LogP) is 2.04. The fraction of sp³-hybridized carbons (Fsp3) is 0.571. The van der Waals surface area contributed by atoms with Gasteiger partial charge in [-0.15, -0.1) is 0 Å². The van der Waals surface area contributed by atoms with E-state index < -0.39 is 0 Å². The van der Waals surface area contributed by atoms with E-state index in [1.54, 1.807) is 7.11 Å². The first-order valence-corrected chi connectivity index (χ1v) is 6.09. The summed E-state index contributed by atoms with van der Waals surface area (Å²) in [6, 6.07) is 10.9. The molecule has 0 heterocycles. The van der Waals surface area contributed by atoms with Crippen molar-refractivity contribution >= 4 is 0 Å². The van der Waals surface area contributed by atoms with Crippen molar-refractivity contribution in [2.45, 2.75) is 32.0 Å². The molecule has 0 amide bonds. The van der Waals surface area contributed by atoms with Gasteiger partial charge in [-0.05, 0) is 26.5 Å². The molecule has 0 aliphatic carbocycles. The van der Waals surface area contributed by atoms with Crippen molar-refractivity contribution in [2.24, 2.45) is 5.73 Å². The standard InChI is InChI=1S/C14H24N2O/c1-11(10-17-4)16(3)12(2)14(15)13-8-6-5-7-9-13/h5-9,11-12,14H,10,15H2,1-4H3. The topological polar surface area (TPSA) is 38.5 Å². The normalized spacial score (nSPS) is 16.8. The Morgan fingerprint density at radius 3 is 2.35 bits per heavy atom. The van der Waals surface area contributed by atoms with Crippen molar-refractivity contribution in [3.63, 3.8) is 0 Å². The number of hydrogen-bond donors (Lipinski definition) is 1. The molecule has 0 aliphatic rings. The third kappa shape index (κ3) is 3.80. The third-order valence-corrected chi connectivity index (χ3v) is 3.45. The molecule has 0 aromatic heterocycles. The molecule has 3 atom stereocenters. The molecule has 96 valence electrons. The fourth-order valence-corrected chi connectivity index (χ4v) is 1.97. The van der Waals surface area contributed by atoms with E-state index in [1.807, 2.05) is 18.2 Å². The van der Waals surface area contributed by atoms with Gasteiger partial charge in [0.25, 0.3) is 0 Å². The largest absolute Gasteiger partial charge is 0.383 e. The lowest BCUT2D eigenvalue weighted by Gasteiger charge is -2.34. The maximum absolute atomic E-state index is 6.29. The number of ether oxygens (including phenoxy) is 1. The van der Waals surface area contributed by atoms with Crippen LogP contribution < -0.4 is 5.73 Å². The van der Waals surface area contributed by atoms with Crippen molar-refractivity contribution in [2.75, 3.05) is 20.8 Å². The van der Waals surface area contributed by atoms with Gasteiger partial charge in [0.1, 0.15) is 0 Å². The summed E-state index contributed by atoms with van der Waals surface area (Å²) >= 11 is 0. The highest BCUT2D eigenvalue weighted by molar-refractivity contribution is 5.19. The van der Waals surface area contributed by atoms with Crippen molar-refractivity contribution < 1.29 is 4.74 Å². The molecule has 0 radical (unpaired) electrons. The van der Waals surface area contributed by atoms with Gasteiger partial charge in [0.05, 0.1) is 6.61 Å². The Kier molecular flexibility index (Phi) is 5.62. The van der Waals surface area contributed by atoms with Gasteiger partial charge in [-0.3, -0.25) is 4.90 Å². The summed E-state index contributed by atoms with van der Waals surface area (Å²) in [5.74, 6) is 0. The van der Waals surface area contributed by atoms with Crippen LogP contribution in [0, 0.1) is 0 Å². The molecule has 3 nitrogen and oxygen atoms in total. The second-order valence-corrected chi connectivity index (χ2v) is 4.65. The molecule has 0 saturated carbocycles. The second kappa shape index (κ2) is 6.74. The Morgan fingerprint density at radius 1 is 1.24 bits per heavy atom. The molecule has 3 unspecified atom stereocenters. The van der Waals surface area contributed by atoms with Crippen LogP contribution in [0.15, 0.2) is 30.3 Å². The molecule has 1 rings (SSSR count). The van der Waals surface area contributed by atoms with Gasteiger partial charge in [0.15, 0.2) is 0 Å². The first-order chi connectivity index (χ1) is 8.07. The van der Waals surface area contributed by atoms with Crippen molar-refractivity contribution in [3.05, 3.63) is 35.9 Å². The lowest BCUT2D eigenvalue weighted by atomic mass is 10.00. The molecule has 0 bridgehead atoms. The molecule has 0 saturated heterocycles. The minimum Gasteiger partial charge on any atom is -0.383 e. The maximum Gasteiger partial charge on any atom is 0.0615 e. The lowest BCUT2D eigenvalue weighted by Crippen LogP contribution is -2.44. The van der Waals surface area contributed by atoms with E-state index in [1.165, 1.54) is 5.56 Å². The number of likely N-dealkylation sites (N-methyl/N-ethyl adjacent to an activating group) is 1. The van der Waals surface area contributed by atoms with Crippen LogP contribution in [-0.4, -0.2) is 37.7 Å². The van der Waals surface area contributed by atoms with Crippen LogP contribution >= 0.6 is 0 Å². The summed E-state index contributed by atoms with van der Waals surface area (Å²) in [6.07, 6.45) is 0. The highest BCUT2D eigenvalue weighted by Crippen LogP contribution is 2.18. The zero-order chi connectivity index (χ0) is 12.8. The average Bonchev–Trinajstić information content (AvgIpc) is 2.37. The summed E-state index contributed by atoms with van der Waals surface area (Å²) in [6.45, 7) is 5.03. The summed E-state index contributed by atoms with van der Waals surface area (Å²) in [5, 5.41) is 0. The fourth-order valence-electron chi connectivity index (χ4n) is 1.97. The van der Waals surface area contributed by atoms with Gasteiger partial charge >= 0.3 is 0 Å². The SMILES string of the molecule is COCC(C)N(C)C(C)C(N)c1ccccc1. The first-order valence-electron chi connectivity index (χ1n) is 6.09. The summed E-state index contributed by atoms with van der Waals surface area (Å²) in [7, 11) is 3.82. The monoisotopic (exact) mass is 236 g/mol. The van der Waals surface area contributed by atoms with Gasteiger partial charge < -0.3 is 10.5 Å². The molecule has 0 fully saturated rings. The molecular formula is C14H24N2O. The molecule has 0 spiro atoms. The lowest BCUT2D eigenvalue weighted by molar-refractivity contribution is 0.0860. The number of benzene rings is 1. The third-order valence-electron chi connectivity index (χ3n) is 3.45. The second-order valence-electron chi connectivity index (χ2n) is 4.65. The van der Waals surface area contributed by atoms with Crippen LogP contribution in [0.3, 0.4) is 0 Å². The van der Waals surface area contributed by atoms with E-state index >= 15 is 0 Å². The first kappa shape index (κ1) is 14.2.